The molecule has 0 radical (unpaired) electrons. The van der Waals surface area contributed by atoms with E-state index in [2.05, 4.69) is 4.98 Å². The molecule has 2 aromatic rings. The summed E-state index contributed by atoms with van der Waals surface area (Å²) in [4.78, 5) is 17.9. The van der Waals surface area contributed by atoms with E-state index in [1.807, 2.05) is 24.8 Å². The third kappa shape index (κ3) is 2.48. The van der Waals surface area contributed by atoms with Crippen LogP contribution < -0.4 is 0 Å². The van der Waals surface area contributed by atoms with Gasteiger partial charge in [-0.25, -0.2) is 4.39 Å². The number of hydrogen-bond donors (Lipinski definition) is 2. The Morgan fingerprint density at radius 3 is 2.96 bits per heavy atom. The molecule has 134 valence electrons. The Hall–Kier alpha value is -1.88. The van der Waals surface area contributed by atoms with E-state index in [0.29, 0.717) is 30.2 Å². The molecular weight excluding hydrogens is 319 g/mol. The molecule has 1 saturated heterocycles. The Kier molecular flexibility index (Phi) is 3.87. The quantitative estimate of drug-likeness (QED) is 0.874. The van der Waals surface area contributed by atoms with E-state index in [0.717, 1.165) is 36.6 Å². The predicted molar refractivity (Wildman–Crippen MR) is 95.0 cm³/mol. The van der Waals surface area contributed by atoms with Gasteiger partial charge in [-0.05, 0) is 43.7 Å². The van der Waals surface area contributed by atoms with Gasteiger partial charge in [0.15, 0.2) is 0 Å². The van der Waals surface area contributed by atoms with Crippen molar-refractivity contribution in [2.45, 2.75) is 45.1 Å². The maximum atomic E-state index is 14.0. The first-order valence-corrected chi connectivity index (χ1v) is 9.23. The highest BCUT2D eigenvalue weighted by molar-refractivity contribution is 6.01. The summed E-state index contributed by atoms with van der Waals surface area (Å²) < 4.78 is 14.0. The number of aromatic amines is 1. The molecule has 2 heterocycles. The van der Waals surface area contributed by atoms with Gasteiger partial charge in [0.1, 0.15) is 11.5 Å². The molecule has 1 aliphatic carbocycles. The first-order chi connectivity index (χ1) is 11.9. The van der Waals surface area contributed by atoms with Crippen LogP contribution in [0, 0.1) is 24.6 Å². The Labute approximate surface area is 147 Å². The summed E-state index contributed by atoms with van der Waals surface area (Å²) in [5.41, 5.74) is 1.00. The first-order valence-electron chi connectivity index (χ1n) is 9.23. The molecule has 1 aromatic carbocycles. The van der Waals surface area contributed by atoms with Crippen LogP contribution in [0.1, 0.15) is 48.7 Å². The number of nitrogens with one attached hydrogen (secondary N) is 1. The molecule has 1 aromatic heterocycles. The zero-order valence-electron chi connectivity index (χ0n) is 14.8. The minimum Gasteiger partial charge on any atom is -0.390 e. The first kappa shape index (κ1) is 16.6. The molecule has 0 spiro atoms. The van der Waals surface area contributed by atoms with Crippen molar-refractivity contribution in [1.29, 1.82) is 0 Å². The third-order valence-electron chi connectivity index (χ3n) is 6.47. The van der Waals surface area contributed by atoms with Gasteiger partial charge < -0.3 is 15.0 Å². The minimum atomic E-state index is -0.653. The fourth-order valence-electron chi connectivity index (χ4n) is 4.92. The molecule has 3 atom stereocenters. The maximum Gasteiger partial charge on any atom is 0.270 e. The average Bonchev–Trinajstić information content (AvgIpc) is 3.19. The lowest BCUT2D eigenvalue weighted by Gasteiger charge is -2.40. The Bertz CT molecular complexity index is 830. The second-order valence-corrected chi connectivity index (χ2v) is 7.71. The van der Waals surface area contributed by atoms with E-state index in [4.69, 9.17) is 0 Å². The molecular formula is C20H25FN2O2. The Balaban J connectivity index is 1.64. The summed E-state index contributed by atoms with van der Waals surface area (Å²) in [5, 5.41) is 11.7. The Morgan fingerprint density at radius 1 is 1.44 bits per heavy atom. The highest BCUT2D eigenvalue weighted by Gasteiger charge is 2.49. The molecule has 4 rings (SSSR count). The zero-order chi connectivity index (χ0) is 17.8. The number of para-hydroxylation sites is 1. The van der Waals surface area contributed by atoms with Gasteiger partial charge in [0, 0.05) is 24.4 Å². The van der Waals surface area contributed by atoms with Crippen molar-refractivity contribution in [3.05, 3.63) is 35.3 Å². The number of likely N-dealkylation sites (tertiary alicyclic amines) is 1. The summed E-state index contributed by atoms with van der Waals surface area (Å²) in [5.74, 6) is 0.0942. The molecule has 2 N–H and O–H groups in total. The number of aryl methyl sites for hydroxylation is 1. The van der Waals surface area contributed by atoms with Crippen molar-refractivity contribution in [3.8, 4) is 0 Å². The summed E-state index contributed by atoms with van der Waals surface area (Å²) in [6.45, 7) is 5.16. The zero-order valence-corrected chi connectivity index (χ0v) is 14.8. The van der Waals surface area contributed by atoms with Crippen LogP contribution in [0.25, 0.3) is 10.9 Å². The van der Waals surface area contributed by atoms with E-state index >= 15 is 0 Å². The van der Waals surface area contributed by atoms with Gasteiger partial charge >= 0.3 is 0 Å². The van der Waals surface area contributed by atoms with Gasteiger partial charge in [0.05, 0.1) is 11.1 Å². The lowest BCUT2D eigenvalue weighted by Crippen LogP contribution is -2.44. The van der Waals surface area contributed by atoms with Crippen molar-refractivity contribution in [2.24, 2.45) is 11.8 Å². The van der Waals surface area contributed by atoms with Crippen molar-refractivity contribution < 1.29 is 14.3 Å². The maximum absolute atomic E-state index is 14.0. The molecule has 2 fully saturated rings. The molecule has 4 nitrogen and oxygen atoms in total. The van der Waals surface area contributed by atoms with Gasteiger partial charge in [0.2, 0.25) is 0 Å². The molecule has 1 saturated carbocycles. The molecule has 25 heavy (non-hydrogen) atoms. The number of benzene rings is 1. The van der Waals surface area contributed by atoms with Crippen molar-refractivity contribution in [1.82, 2.24) is 9.88 Å². The van der Waals surface area contributed by atoms with Crippen LogP contribution in [0.3, 0.4) is 0 Å². The van der Waals surface area contributed by atoms with Gasteiger partial charge in [0.25, 0.3) is 5.91 Å². The van der Waals surface area contributed by atoms with Gasteiger partial charge in [-0.3, -0.25) is 4.79 Å². The predicted octanol–water partition coefficient (Wildman–Crippen LogP) is 3.63. The number of carbonyl (C=O) groups is 1. The molecule has 1 aliphatic heterocycles. The SMILES string of the molecule is CC[C@]1(O)CCC[C@H]2CN(C(=O)c3[nH]c4c(F)cccc4c3C)C[C@H]21. The van der Waals surface area contributed by atoms with Gasteiger partial charge in [-0.1, -0.05) is 25.5 Å². The number of H-pyrrole nitrogens is 1. The van der Waals surface area contributed by atoms with Crippen LogP contribution in [0.2, 0.25) is 0 Å². The largest absolute Gasteiger partial charge is 0.390 e. The van der Waals surface area contributed by atoms with Crippen molar-refractivity contribution in [2.75, 3.05) is 13.1 Å². The number of halogens is 1. The topological polar surface area (TPSA) is 56.3 Å². The second-order valence-electron chi connectivity index (χ2n) is 7.71. The van der Waals surface area contributed by atoms with Crippen molar-refractivity contribution in [3.63, 3.8) is 0 Å². The summed E-state index contributed by atoms with van der Waals surface area (Å²) >= 11 is 0. The average molecular weight is 344 g/mol. The highest BCUT2D eigenvalue weighted by atomic mass is 19.1. The lowest BCUT2D eigenvalue weighted by molar-refractivity contribution is -0.0609. The number of hydrogen-bond acceptors (Lipinski definition) is 2. The Morgan fingerprint density at radius 2 is 2.24 bits per heavy atom. The number of carbonyl (C=O) groups excluding carboxylic acids is 1. The number of rotatable bonds is 2. The third-order valence-corrected chi connectivity index (χ3v) is 6.47. The monoisotopic (exact) mass is 344 g/mol. The highest BCUT2D eigenvalue weighted by Crippen LogP contribution is 2.44. The number of fused-ring (bicyclic) bond motifs is 2. The standard InChI is InChI=1S/C20H25FN2O2/c1-3-20(25)9-5-6-13-10-23(11-15(13)20)19(24)17-12(2)14-7-4-8-16(21)18(14)22-17/h4,7-8,13,15,22,25H,3,5-6,9-11H2,1-2H3/t13-,15+,20-/m0/s1. The molecule has 0 bridgehead atoms. The normalized spacial score (nSPS) is 29.2. The van der Waals surface area contributed by atoms with E-state index in [-0.39, 0.29) is 17.6 Å². The van der Waals surface area contributed by atoms with Crippen LogP contribution in [0.4, 0.5) is 4.39 Å². The van der Waals surface area contributed by atoms with Crippen molar-refractivity contribution >= 4 is 16.8 Å². The molecule has 1 amide bonds. The second kappa shape index (κ2) is 5.84. The summed E-state index contributed by atoms with van der Waals surface area (Å²) in [6.07, 6.45) is 3.64. The summed E-state index contributed by atoms with van der Waals surface area (Å²) in [7, 11) is 0. The van der Waals surface area contributed by atoms with E-state index in [1.54, 1.807) is 6.07 Å². The van der Waals surface area contributed by atoms with E-state index < -0.39 is 5.60 Å². The van der Waals surface area contributed by atoms with E-state index in [9.17, 15) is 14.3 Å². The van der Waals surface area contributed by atoms with Crippen LogP contribution in [-0.2, 0) is 0 Å². The molecule has 0 unspecified atom stereocenters. The van der Waals surface area contributed by atoms with E-state index in [1.165, 1.54) is 6.07 Å². The van der Waals surface area contributed by atoms with Crippen LogP contribution >= 0.6 is 0 Å². The number of nitrogens with zero attached hydrogens (tertiary/aromatic N) is 1. The van der Waals surface area contributed by atoms with Gasteiger partial charge in [-0.2, -0.15) is 0 Å². The smallest absolute Gasteiger partial charge is 0.270 e. The number of aliphatic hydroxyl groups is 1. The van der Waals surface area contributed by atoms with Crippen LogP contribution in [0.5, 0.6) is 0 Å². The minimum absolute atomic E-state index is 0.0825. The lowest BCUT2D eigenvalue weighted by atomic mass is 9.69. The number of amides is 1. The number of aromatic nitrogens is 1. The van der Waals surface area contributed by atoms with Gasteiger partial charge in [-0.15, -0.1) is 0 Å². The summed E-state index contributed by atoms with van der Waals surface area (Å²) in [6, 6.07) is 4.90. The fraction of sp³-hybridized carbons (Fsp3) is 0.550. The molecule has 2 aliphatic rings. The molecule has 5 heteroatoms. The fourth-order valence-corrected chi connectivity index (χ4v) is 4.92. The van der Waals surface area contributed by atoms with Crippen LogP contribution in [0.15, 0.2) is 18.2 Å². The van der Waals surface area contributed by atoms with Crippen LogP contribution in [-0.4, -0.2) is 39.6 Å².